The molecule has 0 aliphatic rings. The first-order valence-corrected chi connectivity index (χ1v) is 6.90. The van der Waals surface area contributed by atoms with Crippen LogP contribution in [0.25, 0.3) is 16.9 Å². The zero-order valence-corrected chi connectivity index (χ0v) is 12.6. The number of carbonyl (C=O) groups excluding carboxylic acids is 1. The molecule has 1 amide bonds. The van der Waals surface area contributed by atoms with Crippen LogP contribution in [-0.4, -0.2) is 27.3 Å². The molecule has 0 radical (unpaired) electrons. The summed E-state index contributed by atoms with van der Waals surface area (Å²) >= 11 is 3.36. The number of halogens is 2. The predicted molar refractivity (Wildman–Crippen MR) is 79.5 cm³/mol. The Morgan fingerprint density at radius 3 is 2.76 bits per heavy atom. The minimum absolute atomic E-state index is 0.0131. The fourth-order valence-corrected chi connectivity index (χ4v) is 2.37. The topological polar surface area (TPSA) is 59.3 Å². The van der Waals surface area contributed by atoms with Crippen LogP contribution in [0.3, 0.4) is 0 Å². The number of fused-ring (bicyclic) bond motifs is 1. The van der Waals surface area contributed by atoms with E-state index in [1.165, 1.54) is 19.2 Å². The van der Waals surface area contributed by atoms with Crippen molar-refractivity contribution in [3.63, 3.8) is 0 Å². The summed E-state index contributed by atoms with van der Waals surface area (Å²) in [6.07, 6.45) is 5.05. The van der Waals surface area contributed by atoms with Gasteiger partial charge in [-0.25, -0.2) is 14.4 Å². The van der Waals surface area contributed by atoms with E-state index in [4.69, 9.17) is 0 Å². The lowest BCUT2D eigenvalue weighted by molar-refractivity contribution is 0.0959. The lowest BCUT2D eigenvalue weighted by Gasteiger charge is -2.06. The van der Waals surface area contributed by atoms with Crippen molar-refractivity contribution in [3.8, 4) is 11.1 Å². The number of aromatic nitrogens is 3. The number of nitrogens with one attached hydrogen (secondary N) is 1. The summed E-state index contributed by atoms with van der Waals surface area (Å²) < 4.78 is 16.5. The van der Waals surface area contributed by atoms with Crippen LogP contribution in [0.15, 0.2) is 41.4 Å². The lowest BCUT2D eigenvalue weighted by atomic mass is 10.1. The summed E-state index contributed by atoms with van der Waals surface area (Å²) in [6, 6.07) is 4.45. The van der Waals surface area contributed by atoms with Crippen molar-refractivity contribution in [2.75, 3.05) is 7.05 Å². The van der Waals surface area contributed by atoms with Gasteiger partial charge in [0.1, 0.15) is 10.4 Å². The molecule has 1 aromatic carbocycles. The highest BCUT2D eigenvalue weighted by Gasteiger charge is 2.12. The lowest BCUT2D eigenvalue weighted by Crippen LogP contribution is -2.19. The molecule has 0 bridgehead atoms. The van der Waals surface area contributed by atoms with Crippen molar-refractivity contribution in [3.05, 3.63) is 52.8 Å². The Bertz CT molecular complexity index is 846. The highest BCUT2D eigenvalue weighted by atomic mass is 79.9. The molecule has 0 atom stereocenters. The Morgan fingerprint density at radius 1 is 1.29 bits per heavy atom. The number of hydrogen-bond acceptors (Lipinski definition) is 3. The predicted octanol–water partition coefficient (Wildman–Crippen LogP) is 2.66. The van der Waals surface area contributed by atoms with E-state index in [9.17, 15) is 9.18 Å². The Labute approximate surface area is 128 Å². The molecule has 3 aromatic rings. The van der Waals surface area contributed by atoms with Gasteiger partial charge in [-0.3, -0.25) is 9.20 Å². The highest BCUT2D eigenvalue weighted by Crippen LogP contribution is 2.23. The van der Waals surface area contributed by atoms with Gasteiger partial charge >= 0.3 is 0 Å². The molecule has 106 valence electrons. The van der Waals surface area contributed by atoms with E-state index in [-0.39, 0.29) is 5.56 Å². The van der Waals surface area contributed by atoms with Gasteiger partial charge in [0, 0.05) is 25.0 Å². The van der Waals surface area contributed by atoms with Crippen molar-refractivity contribution < 1.29 is 9.18 Å². The van der Waals surface area contributed by atoms with Gasteiger partial charge in [0.05, 0.1) is 11.8 Å². The molecule has 2 aromatic heterocycles. The van der Waals surface area contributed by atoms with E-state index >= 15 is 0 Å². The largest absolute Gasteiger partial charge is 0.355 e. The second-order valence-electron chi connectivity index (χ2n) is 4.37. The number of nitrogens with zero attached hydrogens (tertiary/aromatic N) is 3. The Hall–Kier alpha value is -2.28. The van der Waals surface area contributed by atoms with Crippen LogP contribution in [0.1, 0.15) is 10.4 Å². The molecule has 1 N–H and O–H groups in total. The summed E-state index contributed by atoms with van der Waals surface area (Å²) in [5.74, 6) is -0.477. The van der Waals surface area contributed by atoms with Crippen molar-refractivity contribution in [2.24, 2.45) is 0 Å². The molecule has 7 heteroatoms. The molecule has 0 fully saturated rings. The number of rotatable bonds is 2. The van der Waals surface area contributed by atoms with Gasteiger partial charge in [0.25, 0.3) is 5.91 Å². The average molecular weight is 349 g/mol. The third kappa shape index (κ3) is 2.40. The van der Waals surface area contributed by atoms with Crippen LogP contribution in [0.4, 0.5) is 4.39 Å². The van der Waals surface area contributed by atoms with Gasteiger partial charge in [0.2, 0.25) is 5.78 Å². The SMILES string of the molecule is CNC(=O)c1ccc(-c2cnc3ncc(Br)n3c2)cc1F. The van der Waals surface area contributed by atoms with Crippen LogP contribution in [0.5, 0.6) is 0 Å². The zero-order chi connectivity index (χ0) is 15.0. The maximum Gasteiger partial charge on any atom is 0.253 e. The minimum Gasteiger partial charge on any atom is -0.355 e. The van der Waals surface area contributed by atoms with E-state index in [2.05, 4.69) is 31.2 Å². The molecule has 0 aliphatic carbocycles. The first-order valence-electron chi connectivity index (χ1n) is 6.11. The number of amides is 1. The minimum atomic E-state index is -0.573. The standard InChI is InChI=1S/C14H10BrFN4O/c1-17-13(21)10-3-2-8(4-11(10)16)9-5-18-14-19-6-12(15)20(14)7-9/h2-7H,1H3,(H,17,21). The first-order chi connectivity index (χ1) is 10.1. The summed E-state index contributed by atoms with van der Waals surface area (Å²) in [5.41, 5.74) is 1.37. The van der Waals surface area contributed by atoms with Gasteiger partial charge in [-0.05, 0) is 33.6 Å². The molecule has 3 rings (SSSR count). The van der Waals surface area contributed by atoms with Crippen LogP contribution < -0.4 is 5.32 Å². The van der Waals surface area contributed by atoms with E-state index in [1.807, 2.05) is 0 Å². The molecule has 0 saturated carbocycles. The number of imidazole rings is 1. The number of hydrogen-bond donors (Lipinski definition) is 1. The van der Waals surface area contributed by atoms with Crippen LogP contribution in [0, 0.1) is 5.82 Å². The Balaban J connectivity index is 2.08. The fourth-order valence-electron chi connectivity index (χ4n) is 2.01. The molecule has 0 aliphatic heterocycles. The Morgan fingerprint density at radius 2 is 2.05 bits per heavy atom. The summed E-state index contributed by atoms with van der Waals surface area (Å²) in [4.78, 5) is 19.8. The molecule has 5 nitrogen and oxygen atoms in total. The third-order valence-corrected chi connectivity index (χ3v) is 3.68. The monoisotopic (exact) mass is 348 g/mol. The summed E-state index contributed by atoms with van der Waals surface area (Å²) in [7, 11) is 1.46. The Kier molecular flexibility index (Phi) is 3.42. The molecular weight excluding hydrogens is 339 g/mol. The first kappa shape index (κ1) is 13.7. The van der Waals surface area contributed by atoms with Gasteiger partial charge in [0.15, 0.2) is 0 Å². The molecule has 0 spiro atoms. The maximum absolute atomic E-state index is 14.0. The highest BCUT2D eigenvalue weighted by molar-refractivity contribution is 9.10. The normalized spacial score (nSPS) is 10.8. The summed E-state index contributed by atoms with van der Waals surface area (Å²) in [5, 5.41) is 2.40. The van der Waals surface area contributed by atoms with Gasteiger partial charge in [-0.1, -0.05) is 6.07 Å². The van der Waals surface area contributed by atoms with Crippen molar-refractivity contribution >= 4 is 27.6 Å². The molecule has 0 unspecified atom stereocenters. The smallest absolute Gasteiger partial charge is 0.253 e. The molecule has 21 heavy (non-hydrogen) atoms. The summed E-state index contributed by atoms with van der Waals surface area (Å²) in [6.45, 7) is 0. The number of carbonyl (C=O) groups is 1. The van der Waals surface area contributed by atoms with Crippen LogP contribution >= 0.6 is 15.9 Å². The van der Waals surface area contributed by atoms with Crippen LogP contribution in [-0.2, 0) is 0 Å². The average Bonchev–Trinajstić information content (AvgIpc) is 2.87. The second kappa shape index (κ2) is 5.25. The maximum atomic E-state index is 14.0. The molecular formula is C14H10BrFN4O. The fraction of sp³-hybridized carbons (Fsp3) is 0.0714. The van der Waals surface area contributed by atoms with Crippen molar-refractivity contribution in [1.82, 2.24) is 19.7 Å². The zero-order valence-electron chi connectivity index (χ0n) is 11.0. The van der Waals surface area contributed by atoms with E-state index in [1.54, 1.807) is 29.1 Å². The van der Waals surface area contributed by atoms with E-state index < -0.39 is 11.7 Å². The van der Waals surface area contributed by atoms with Crippen LogP contribution in [0.2, 0.25) is 0 Å². The van der Waals surface area contributed by atoms with Gasteiger partial charge in [-0.15, -0.1) is 0 Å². The second-order valence-corrected chi connectivity index (χ2v) is 5.18. The molecule has 2 heterocycles. The van der Waals surface area contributed by atoms with Gasteiger partial charge < -0.3 is 5.32 Å². The van der Waals surface area contributed by atoms with Crippen molar-refractivity contribution in [2.45, 2.75) is 0 Å². The van der Waals surface area contributed by atoms with E-state index in [0.717, 1.165) is 10.2 Å². The van der Waals surface area contributed by atoms with E-state index in [0.29, 0.717) is 11.3 Å². The third-order valence-electron chi connectivity index (χ3n) is 3.09. The quantitative estimate of drug-likeness (QED) is 0.774. The van der Waals surface area contributed by atoms with Gasteiger partial charge in [-0.2, -0.15) is 0 Å². The van der Waals surface area contributed by atoms with Crippen molar-refractivity contribution in [1.29, 1.82) is 0 Å². The number of benzene rings is 1. The molecule has 0 saturated heterocycles.